The molecule has 0 aliphatic carbocycles. The molecule has 152 valence electrons. The van der Waals surface area contributed by atoms with Gasteiger partial charge in [-0.2, -0.15) is 0 Å². The van der Waals surface area contributed by atoms with Crippen LogP contribution in [0.25, 0.3) is 50.3 Å². The Morgan fingerprint density at radius 1 is 0.594 bits per heavy atom. The summed E-state index contributed by atoms with van der Waals surface area (Å²) in [4.78, 5) is 9.97. The van der Waals surface area contributed by atoms with E-state index < -0.39 is 0 Å². The molecule has 2 aromatic heterocycles. The van der Waals surface area contributed by atoms with Gasteiger partial charge < -0.3 is 0 Å². The molecule has 0 unspecified atom stereocenters. The summed E-state index contributed by atoms with van der Waals surface area (Å²) in [6, 6.07) is 37.3. The van der Waals surface area contributed by atoms with Crippen LogP contribution in [0.2, 0.25) is 0 Å². The van der Waals surface area contributed by atoms with Crippen molar-refractivity contribution in [1.29, 1.82) is 0 Å². The van der Waals surface area contributed by atoms with Crippen LogP contribution in [0.1, 0.15) is 0 Å². The average molecular weight is 476 g/mol. The Morgan fingerprint density at radius 3 is 2.03 bits per heavy atom. The van der Waals surface area contributed by atoms with Crippen molar-refractivity contribution in [3.63, 3.8) is 0 Å². The minimum absolute atomic E-state index is 0.708. The zero-order valence-electron chi connectivity index (χ0n) is 17.1. The normalized spacial score (nSPS) is 11.3. The van der Waals surface area contributed by atoms with Crippen LogP contribution in [0.4, 0.5) is 0 Å². The smallest absolute Gasteiger partial charge is 0.162 e. The first-order valence-electron chi connectivity index (χ1n) is 10.5. The van der Waals surface area contributed by atoms with E-state index in [9.17, 15) is 0 Å². The fraction of sp³-hybridized carbons (Fsp3) is 0. The van der Waals surface area contributed by atoms with Gasteiger partial charge in [0.15, 0.2) is 5.82 Å². The third-order valence-electron chi connectivity index (χ3n) is 5.69. The first-order valence-corrected chi connectivity index (χ1v) is 11.3. The third-order valence-corrected chi connectivity index (χ3v) is 6.33. The highest BCUT2D eigenvalue weighted by Crippen LogP contribution is 2.36. The van der Waals surface area contributed by atoms with Gasteiger partial charge in [0.1, 0.15) is 5.82 Å². The molecule has 32 heavy (non-hydrogen) atoms. The van der Waals surface area contributed by atoms with E-state index in [-0.39, 0.29) is 0 Å². The Balaban J connectivity index is 1.72. The summed E-state index contributed by atoms with van der Waals surface area (Å²) in [6.07, 6.45) is 0. The predicted molar refractivity (Wildman–Crippen MR) is 135 cm³/mol. The van der Waals surface area contributed by atoms with Gasteiger partial charge in [-0.05, 0) is 28.1 Å². The van der Waals surface area contributed by atoms with Gasteiger partial charge in [-0.3, -0.25) is 4.57 Å². The predicted octanol–water partition coefficient (Wildman–Crippen LogP) is 7.67. The molecule has 2 heterocycles. The van der Waals surface area contributed by atoms with Gasteiger partial charge in [-0.15, -0.1) is 0 Å². The summed E-state index contributed by atoms with van der Waals surface area (Å²) >= 11 is 3.79. The van der Waals surface area contributed by atoms with Gasteiger partial charge in [-0.1, -0.05) is 91.0 Å². The zero-order chi connectivity index (χ0) is 21.5. The lowest BCUT2D eigenvalue weighted by Gasteiger charge is -2.12. The number of para-hydroxylation sites is 2. The SMILES string of the molecule is Brc1cccc2c3ccccc3n(-c3cc(-c4ccccc4)nc(-c4ccccc4)n3)c12. The van der Waals surface area contributed by atoms with Crippen molar-refractivity contribution in [3.8, 4) is 28.5 Å². The van der Waals surface area contributed by atoms with Crippen LogP contribution in [-0.2, 0) is 0 Å². The monoisotopic (exact) mass is 475 g/mol. The van der Waals surface area contributed by atoms with Crippen LogP contribution >= 0.6 is 15.9 Å². The van der Waals surface area contributed by atoms with Crippen LogP contribution in [0.5, 0.6) is 0 Å². The van der Waals surface area contributed by atoms with E-state index in [0.29, 0.717) is 5.82 Å². The van der Waals surface area contributed by atoms with Gasteiger partial charge in [0.25, 0.3) is 0 Å². The van der Waals surface area contributed by atoms with Gasteiger partial charge in [0.05, 0.1) is 16.7 Å². The minimum Gasteiger partial charge on any atom is -0.292 e. The summed E-state index contributed by atoms with van der Waals surface area (Å²) in [7, 11) is 0. The van der Waals surface area contributed by atoms with E-state index in [0.717, 1.165) is 38.1 Å². The van der Waals surface area contributed by atoms with Crippen molar-refractivity contribution in [2.75, 3.05) is 0 Å². The van der Waals surface area contributed by atoms with Crippen LogP contribution in [-0.4, -0.2) is 14.5 Å². The summed E-state index contributed by atoms with van der Waals surface area (Å²) < 4.78 is 3.27. The average Bonchev–Trinajstić information content (AvgIpc) is 3.21. The maximum Gasteiger partial charge on any atom is 0.162 e. The topological polar surface area (TPSA) is 30.7 Å². The van der Waals surface area contributed by atoms with Gasteiger partial charge in [0.2, 0.25) is 0 Å². The van der Waals surface area contributed by atoms with Crippen molar-refractivity contribution < 1.29 is 0 Å². The Bertz CT molecular complexity index is 1510. The molecule has 0 fully saturated rings. The van der Waals surface area contributed by atoms with Crippen LogP contribution < -0.4 is 0 Å². The molecule has 4 aromatic carbocycles. The van der Waals surface area contributed by atoms with Crippen LogP contribution in [0, 0.1) is 0 Å². The fourth-order valence-corrected chi connectivity index (χ4v) is 4.78. The lowest BCUT2D eigenvalue weighted by atomic mass is 10.1. The van der Waals surface area contributed by atoms with E-state index in [4.69, 9.17) is 9.97 Å². The molecule has 0 saturated carbocycles. The second kappa shape index (κ2) is 7.74. The number of halogens is 1. The first-order chi connectivity index (χ1) is 15.8. The van der Waals surface area contributed by atoms with Crippen molar-refractivity contribution in [1.82, 2.24) is 14.5 Å². The van der Waals surface area contributed by atoms with Crippen molar-refractivity contribution in [3.05, 3.63) is 114 Å². The molecular weight excluding hydrogens is 458 g/mol. The van der Waals surface area contributed by atoms with E-state index >= 15 is 0 Å². The summed E-state index contributed by atoms with van der Waals surface area (Å²) in [5.74, 6) is 1.55. The van der Waals surface area contributed by atoms with Crippen molar-refractivity contribution in [2.24, 2.45) is 0 Å². The molecule has 0 saturated heterocycles. The van der Waals surface area contributed by atoms with Crippen LogP contribution in [0.3, 0.4) is 0 Å². The van der Waals surface area contributed by atoms with E-state index in [1.165, 1.54) is 10.8 Å². The lowest BCUT2D eigenvalue weighted by molar-refractivity contribution is 1.05. The first kappa shape index (κ1) is 19.0. The number of benzene rings is 4. The maximum atomic E-state index is 5.04. The molecule has 0 amide bonds. The lowest BCUT2D eigenvalue weighted by Crippen LogP contribution is -2.02. The molecule has 0 atom stereocenters. The molecule has 0 aliphatic heterocycles. The van der Waals surface area contributed by atoms with Crippen molar-refractivity contribution in [2.45, 2.75) is 0 Å². The molecule has 0 radical (unpaired) electrons. The van der Waals surface area contributed by atoms with Gasteiger partial charge >= 0.3 is 0 Å². The summed E-state index contributed by atoms with van der Waals surface area (Å²) in [5, 5.41) is 2.39. The third kappa shape index (κ3) is 3.12. The number of nitrogens with zero attached hydrogens (tertiary/aromatic N) is 3. The highest BCUT2D eigenvalue weighted by atomic mass is 79.9. The van der Waals surface area contributed by atoms with E-state index in [1.807, 2.05) is 36.4 Å². The molecule has 0 spiro atoms. The van der Waals surface area contributed by atoms with Gasteiger partial charge in [-0.25, -0.2) is 9.97 Å². The fourth-order valence-electron chi connectivity index (χ4n) is 4.24. The van der Waals surface area contributed by atoms with Crippen LogP contribution in [0.15, 0.2) is 114 Å². The Kier molecular flexibility index (Phi) is 4.58. The Labute approximate surface area is 194 Å². The maximum absolute atomic E-state index is 5.04. The highest BCUT2D eigenvalue weighted by molar-refractivity contribution is 9.10. The Morgan fingerprint density at radius 2 is 1.25 bits per heavy atom. The number of hydrogen-bond acceptors (Lipinski definition) is 2. The standard InChI is InChI=1S/C28H18BrN3/c29-23-16-9-15-22-21-14-7-8-17-25(21)32(27(22)23)26-18-24(19-10-3-1-4-11-19)30-28(31-26)20-12-5-2-6-13-20/h1-18H. The summed E-state index contributed by atoms with van der Waals surface area (Å²) in [5.41, 5.74) is 5.17. The van der Waals surface area contributed by atoms with E-state index in [2.05, 4.69) is 93.3 Å². The molecular formula is C28H18BrN3. The van der Waals surface area contributed by atoms with Crippen molar-refractivity contribution >= 4 is 37.7 Å². The summed E-state index contributed by atoms with van der Waals surface area (Å²) in [6.45, 7) is 0. The molecule has 6 rings (SSSR count). The molecule has 0 aliphatic rings. The molecule has 0 bridgehead atoms. The molecule has 3 nitrogen and oxygen atoms in total. The second-order valence-corrected chi connectivity index (χ2v) is 8.51. The minimum atomic E-state index is 0.708. The Hall–Kier alpha value is -3.76. The highest BCUT2D eigenvalue weighted by Gasteiger charge is 2.17. The quantitative estimate of drug-likeness (QED) is 0.262. The largest absolute Gasteiger partial charge is 0.292 e. The number of aromatic nitrogens is 3. The number of fused-ring (bicyclic) bond motifs is 3. The number of rotatable bonds is 3. The molecule has 6 aromatic rings. The zero-order valence-corrected chi connectivity index (χ0v) is 18.7. The second-order valence-electron chi connectivity index (χ2n) is 7.66. The number of hydrogen-bond donors (Lipinski definition) is 0. The molecule has 0 N–H and O–H groups in total. The molecule has 4 heteroatoms. The van der Waals surface area contributed by atoms with E-state index in [1.54, 1.807) is 0 Å². The van der Waals surface area contributed by atoms with Gasteiger partial charge in [0, 0.05) is 32.4 Å².